The largest absolute Gasteiger partial charge is 0.216 e. The summed E-state index contributed by atoms with van der Waals surface area (Å²) < 4.78 is 90.7. The molecule has 4 heterocycles. The van der Waals surface area contributed by atoms with Crippen LogP contribution >= 0.6 is 0 Å². The second-order valence-corrected chi connectivity index (χ2v) is 28.0. The third-order valence-corrected chi connectivity index (χ3v) is 21.1. The number of pyridine rings is 4. The number of aryl methyl sites for hydroxylation is 11. The Morgan fingerprint density at radius 3 is 1.55 bits per heavy atom. The third-order valence-electron chi connectivity index (χ3n) is 21.1. The fourth-order valence-corrected chi connectivity index (χ4v) is 16.3. The van der Waals surface area contributed by atoms with Gasteiger partial charge in [-0.05, 0) is 233 Å². The Bertz CT molecular complexity index is 4380. The van der Waals surface area contributed by atoms with Gasteiger partial charge in [-0.3, -0.25) is 0 Å². The third kappa shape index (κ3) is 10.0. The van der Waals surface area contributed by atoms with E-state index < -0.39 is 42.7 Å². The zero-order valence-corrected chi connectivity index (χ0v) is 53.1. The minimum atomic E-state index is -2.13. The van der Waals surface area contributed by atoms with Crippen LogP contribution in [-0.2, 0) is 39.0 Å². The van der Waals surface area contributed by atoms with Crippen LogP contribution < -0.4 is 18.3 Å². The van der Waals surface area contributed by atoms with Crippen LogP contribution in [0.25, 0.3) is 45.0 Å². The average molecular weight is 1130 g/mol. The van der Waals surface area contributed by atoms with Gasteiger partial charge in [-0.2, -0.15) is 0 Å². The lowest BCUT2D eigenvalue weighted by atomic mass is 9.63. The molecule has 7 aliphatic carbocycles. The number of rotatable bonds is 4. The summed E-state index contributed by atoms with van der Waals surface area (Å²) in [5.41, 5.74) is 26.1. The zero-order chi connectivity index (χ0) is 68.2. The summed E-state index contributed by atoms with van der Waals surface area (Å²) >= 11 is 0. The first-order valence-corrected chi connectivity index (χ1v) is 31.3. The summed E-state index contributed by atoms with van der Waals surface area (Å²) in [6.07, 6.45) is 18.7. The van der Waals surface area contributed by atoms with Crippen molar-refractivity contribution in [3.63, 3.8) is 0 Å². The van der Waals surface area contributed by atoms with Gasteiger partial charge in [0.05, 0.1) is 0 Å². The summed E-state index contributed by atoms with van der Waals surface area (Å²) in [6.45, 7) is 19.9. The summed E-state index contributed by atoms with van der Waals surface area (Å²) in [4.78, 5) is 0. The van der Waals surface area contributed by atoms with Crippen LogP contribution in [0.4, 0.5) is 0 Å². The molecule has 0 spiro atoms. The van der Waals surface area contributed by atoms with Gasteiger partial charge < -0.3 is 0 Å². The molecule has 4 nitrogen and oxygen atoms in total. The molecule has 3 saturated carbocycles. The monoisotopic (exact) mass is 1120 g/mol. The number of hydrogen-bond acceptors (Lipinski definition) is 0. The normalized spacial score (nSPS) is 27.9. The topological polar surface area (TPSA) is 15.5 Å². The molecule has 4 heteroatoms. The minimum absolute atomic E-state index is 0.260. The summed E-state index contributed by atoms with van der Waals surface area (Å²) in [5.74, 6) is -1.28. The highest BCUT2D eigenvalue weighted by molar-refractivity contribution is 5.71. The predicted molar refractivity (Wildman–Crippen MR) is 348 cm³/mol. The highest BCUT2D eigenvalue weighted by Crippen LogP contribution is 2.65. The molecule has 434 valence electrons. The van der Waals surface area contributed by atoms with Crippen molar-refractivity contribution >= 4 is 0 Å². The fourth-order valence-electron chi connectivity index (χ4n) is 16.3. The number of benzene rings is 4. The van der Waals surface area contributed by atoms with E-state index in [1.54, 1.807) is 35.4 Å². The van der Waals surface area contributed by atoms with Crippen molar-refractivity contribution in [3.05, 3.63) is 211 Å². The minimum Gasteiger partial charge on any atom is -0.201 e. The van der Waals surface area contributed by atoms with Crippen molar-refractivity contribution in [1.82, 2.24) is 0 Å². The SMILES string of the molecule is Cc1ccc(-c2c3c(cc[n+]2C)C2CCC3C2)c(C)c1.Cc1ccccc1-c1cc2c(c[n+]1C)C(C)(C)CCC2(C)C.[2H]C([2H])([2H])c1ccc(-c2c3c(cc[n+]2C)C2([2H])CCC3([2H])C2(C)C)c(C)c1.[2H]C([2H])([2H])c1ccc(-c2c3c(cc[n+]2C)C2([2H])CCC3([2H])C2)c(C)c1. The quantitative estimate of drug-likeness (QED) is 0.156. The Balaban J connectivity index is 0.000000121. The van der Waals surface area contributed by atoms with Gasteiger partial charge in [0.25, 0.3) is 0 Å². The highest BCUT2D eigenvalue weighted by Gasteiger charge is 2.54. The number of nitrogens with zero attached hydrogens (tertiary/aromatic N) is 4. The second-order valence-electron chi connectivity index (χ2n) is 28.0. The molecular formula is C80H98N4+4. The van der Waals surface area contributed by atoms with E-state index in [4.69, 9.17) is 11.0 Å². The van der Waals surface area contributed by atoms with Crippen LogP contribution in [0.15, 0.2) is 128 Å². The molecule has 4 aromatic carbocycles. The molecular weight excluding hydrogens is 1020 g/mol. The van der Waals surface area contributed by atoms with E-state index in [0.29, 0.717) is 36.8 Å². The maximum Gasteiger partial charge on any atom is 0.216 e. The average Bonchev–Trinajstić information content (AvgIpc) is 1.49. The molecule has 84 heavy (non-hydrogen) atoms. The molecule has 0 N–H and O–H groups in total. The molecule has 15 rings (SSSR count). The zero-order valence-electron chi connectivity index (χ0n) is 63.1. The Morgan fingerprint density at radius 2 is 0.940 bits per heavy atom. The first-order valence-electron chi connectivity index (χ1n) is 36.3. The van der Waals surface area contributed by atoms with Crippen molar-refractivity contribution in [1.29, 1.82) is 0 Å². The molecule has 6 bridgehead atoms. The maximum atomic E-state index is 9.36. The lowest BCUT2D eigenvalue weighted by molar-refractivity contribution is -0.661. The Kier molecular flexibility index (Phi) is 12.1. The molecule has 4 aromatic heterocycles. The smallest absolute Gasteiger partial charge is 0.201 e. The standard InChI is InChI=1S/C21H26N.C21H28N.2C19H22N/c1-13-6-7-15(14(2)12-13)20-19-16(10-11-22(20)5)17-8-9-18(19)21(17,3)4;1-15-9-7-8-10-16(15)19-13-17-18(14-22(19)6)21(4,5)12-11-20(17,2)3;2*1-12-4-7-16(13(2)10-12)19-18-15-6-5-14(11-15)17(18)8-9-20(19)3/h6-7,10-12,17-18H,8-9H2,1-5H3;7-10,13-14H,11-12H2,1-6H3;2*4,7-10,14-15H,5-6,11H2,1-3H3/q4*+1/i1D3,17D,18D;;1D3,14D,15D;. The van der Waals surface area contributed by atoms with Gasteiger partial charge >= 0.3 is 0 Å². The van der Waals surface area contributed by atoms with Gasteiger partial charge in [0.2, 0.25) is 22.8 Å². The van der Waals surface area contributed by atoms with Crippen LogP contribution in [0, 0.1) is 53.7 Å². The van der Waals surface area contributed by atoms with Gasteiger partial charge in [0.1, 0.15) is 28.2 Å². The maximum absolute atomic E-state index is 9.36. The fraction of sp³-hybridized carbons (Fsp3) is 0.450. The highest BCUT2D eigenvalue weighted by atomic mass is 14.9. The van der Waals surface area contributed by atoms with Gasteiger partial charge in [0.15, 0.2) is 24.8 Å². The van der Waals surface area contributed by atoms with Gasteiger partial charge in [-0.1, -0.05) is 113 Å². The van der Waals surface area contributed by atoms with Crippen molar-refractivity contribution in [2.45, 2.75) is 200 Å². The summed E-state index contributed by atoms with van der Waals surface area (Å²) in [6, 6.07) is 34.9. The molecule has 0 amide bonds. The predicted octanol–water partition coefficient (Wildman–Crippen LogP) is 18.0. The van der Waals surface area contributed by atoms with Crippen molar-refractivity contribution in [2.24, 2.45) is 33.6 Å². The Labute approximate surface area is 520 Å². The molecule has 7 aliphatic rings. The number of hydrogen-bond donors (Lipinski definition) is 0. The van der Waals surface area contributed by atoms with Gasteiger partial charge in [-0.15, -0.1) is 0 Å². The molecule has 3 fully saturated rings. The van der Waals surface area contributed by atoms with Gasteiger partial charge in [-0.25, -0.2) is 18.3 Å². The van der Waals surface area contributed by atoms with E-state index in [-0.39, 0.29) is 10.8 Å². The van der Waals surface area contributed by atoms with E-state index in [0.717, 1.165) is 74.2 Å². The Morgan fingerprint density at radius 1 is 0.429 bits per heavy atom. The first kappa shape index (κ1) is 46.7. The number of aromatic nitrogens is 4. The van der Waals surface area contributed by atoms with E-state index in [1.165, 1.54) is 82.4 Å². The van der Waals surface area contributed by atoms with Crippen molar-refractivity contribution < 1.29 is 32.0 Å². The molecule has 8 aromatic rings. The van der Waals surface area contributed by atoms with Gasteiger partial charge in [0, 0.05) is 82.5 Å². The molecule has 0 aliphatic heterocycles. The van der Waals surface area contributed by atoms with E-state index in [1.807, 2.05) is 87.6 Å². The number of fused-ring (bicyclic) bond motifs is 16. The van der Waals surface area contributed by atoms with Crippen LogP contribution in [0.2, 0.25) is 0 Å². The van der Waals surface area contributed by atoms with E-state index in [2.05, 4.69) is 139 Å². The van der Waals surface area contributed by atoms with Crippen LogP contribution in [0.3, 0.4) is 0 Å². The molecule has 0 saturated heterocycles. The van der Waals surface area contributed by atoms with Crippen molar-refractivity contribution in [2.75, 3.05) is 0 Å². The summed E-state index contributed by atoms with van der Waals surface area (Å²) in [7, 11) is 8.30. The molecule has 6 atom stereocenters. The lowest BCUT2D eigenvalue weighted by Crippen LogP contribution is -2.40. The second kappa shape index (κ2) is 21.8. The lowest BCUT2D eigenvalue weighted by Gasteiger charge is -2.40. The molecule has 6 unspecified atom stereocenters. The molecule has 0 radical (unpaired) electrons. The van der Waals surface area contributed by atoms with Crippen LogP contribution in [0.5, 0.6) is 0 Å². The van der Waals surface area contributed by atoms with Crippen LogP contribution in [-0.4, -0.2) is 0 Å². The van der Waals surface area contributed by atoms with Crippen molar-refractivity contribution in [3.8, 4) is 45.0 Å². The van der Waals surface area contributed by atoms with E-state index >= 15 is 0 Å². The van der Waals surface area contributed by atoms with Crippen LogP contribution in [0.1, 0.15) is 238 Å². The van der Waals surface area contributed by atoms with E-state index in [9.17, 15) is 2.74 Å². The first-order chi connectivity index (χ1) is 43.8. The summed E-state index contributed by atoms with van der Waals surface area (Å²) in [5, 5.41) is 0. The Hall–Kier alpha value is -6.52.